The Kier molecular flexibility index (Phi) is 3.26. The monoisotopic (exact) mass is 205 g/mol. The maximum Gasteiger partial charge on any atom is 0.268 e. The van der Waals surface area contributed by atoms with E-state index in [-0.39, 0.29) is 5.56 Å². The average molecular weight is 205 g/mol. The number of nitriles is 1. The van der Waals surface area contributed by atoms with Crippen molar-refractivity contribution in [2.24, 2.45) is 5.84 Å². The minimum absolute atomic E-state index is 0.261. The summed E-state index contributed by atoms with van der Waals surface area (Å²) in [6.45, 7) is 1.76. The molecule has 0 saturated carbocycles. The van der Waals surface area contributed by atoms with Crippen molar-refractivity contribution in [1.82, 2.24) is 5.43 Å². The van der Waals surface area contributed by atoms with Crippen molar-refractivity contribution < 1.29 is 9.53 Å². The van der Waals surface area contributed by atoms with Gasteiger partial charge in [-0.15, -0.1) is 0 Å². The molecular weight excluding hydrogens is 194 g/mol. The van der Waals surface area contributed by atoms with E-state index in [1.165, 1.54) is 13.2 Å². The Morgan fingerprint density at radius 2 is 2.27 bits per heavy atom. The molecule has 0 bridgehead atoms. The van der Waals surface area contributed by atoms with Crippen molar-refractivity contribution in [2.45, 2.75) is 6.92 Å². The minimum Gasteiger partial charge on any atom is -0.496 e. The van der Waals surface area contributed by atoms with Crippen LogP contribution in [-0.2, 0) is 0 Å². The Morgan fingerprint density at radius 1 is 1.60 bits per heavy atom. The Balaban J connectivity index is 3.40. The zero-order valence-corrected chi connectivity index (χ0v) is 8.50. The number of hydrazine groups is 1. The molecule has 5 heteroatoms. The van der Waals surface area contributed by atoms with Gasteiger partial charge >= 0.3 is 0 Å². The van der Waals surface area contributed by atoms with Gasteiger partial charge in [-0.05, 0) is 24.6 Å². The lowest BCUT2D eigenvalue weighted by molar-refractivity contribution is 0.0950. The largest absolute Gasteiger partial charge is 0.496 e. The first kappa shape index (κ1) is 11.0. The van der Waals surface area contributed by atoms with Gasteiger partial charge in [-0.3, -0.25) is 10.2 Å². The second-order valence-corrected chi connectivity index (χ2v) is 2.96. The van der Waals surface area contributed by atoms with Gasteiger partial charge in [0.1, 0.15) is 5.75 Å². The highest BCUT2D eigenvalue weighted by Gasteiger charge is 2.14. The van der Waals surface area contributed by atoms with E-state index in [1.54, 1.807) is 13.0 Å². The molecule has 0 saturated heterocycles. The molecule has 0 radical (unpaired) electrons. The third kappa shape index (κ3) is 2.06. The molecule has 0 atom stereocenters. The van der Waals surface area contributed by atoms with E-state index in [2.05, 4.69) is 0 Å². The number of amides is 1. The molecule has 0 aliphatic carbocycles. The van der Waals surface area contributed by atoms with E-state index >= 15 is 0 Å². The summed E-state index contributed by atoms with van der Waals surface area (Å²) in [6, 6.07) is 5.05. The summed E-state index contributed by atoms with van der Waals surface area (Å²) >= 11 is 0. The van der Waals surface area contributed by atoms with E-state index < -0.39 is 5.91 Å². The molecule has 0 aliphatic heterocycles. The van der Waals surface area contributed by atoms with Gasteiger partial charge < -0.3 is 4.74 Å². The van der Waals surface area contributed by atoms with E-state index in [4.69, 9.17) is 15.8 Å². The number of ether oxygens (including phenoxy) is 1. The number of rotatable bonds is 2. The lowest BCUT2D eigenvalue weighted by Gasteiger charge is -2.10. The third-order valence-corrected chi connectivity index (χ3v) is 1.98. The third-order valence-electron chi connectivity index (χ3n) is 1.98. The standard InChI is InChI=1S/C10H11N3O2/c1-6-3-7(5-11)4-8(9(6)15-2)10(14)13-12/h3-4H,12H2,1-2H3,(H,13,14). The number of nitrogen functional groups attached to an aromatic ring is 1. The number of methoxy groups -OCH3 is 1. The van der Waals surface area contributed by atoms with Crippen molar-refractivity contribution in [3.05, 3.63) is 28.8 Å². The summed E-state index contributed by atoms with van der Waals surface area (Å²) in [5.74, 6) is 4.98. The van der Waals surface area contributed by atoms with Crippen LogP contribution in [0.15, 0.2) is 12.1 Å². The van der Waals surface area contributed by atoms with Gasteiger partial charge in [0.2, 0.25) is 0 Å². The van der Waals surface area contributed by atoms with Crippen LogP contribution < -0.4 is 16.0 Å². The van der Waals surface area contributed by atoms with Crippen molar-refractivity contribution in [1.29, 1.82) is 5.26 Å². The molecular formula is C10H11N3O2. The highest BCUT2D eigenvalue weighted by molar-refractivity contribution is 5.97. The number of nitrogens with zero attached hydrogens (tertiary/aromatic N) is 1. The topological polar surface area (TPSA) is 88.1 Å². The quantitative estimate of drug-likeness (QED) is 0.417. The molecule has 78 valence electrons. The average Bonchev–Trinajstić information content (AvgIpc) is 2.26. The predicted octanol–water partition coefficient (Wildman–Crippen LogP) is 0.479. The lowest BCUT2D eigenvalue weighted by Crippen LogP contribution is -2.30. The number of carbonyl (C=O) groups excluding carboxylic acids is 1. The first-order valence-corrected chi connectivity index (χ1v) is 4.23. The van der Waals surface area contributed by atoms with E-state index in [0.717, 1.165) is 5.56 Å². The molecule has 0 unspecified atom stereocenters. The molecule has 15 heavy (non-hydrogen) atoms. The Labute approximate surface area is 87.4 Å². The van der Waals surface area contributed by atoms with Gasteiger partial charge in [-0.25, -0.2) is 5.84 Å². The first-order chi connectivity index (χ1) is 7.13. The maximum atomic E-state index is 11.4. The normalized spacial score (nSPS) is 9.20. The van der Waals surface area contributed by atoms with E-state index in [1.807, 2.05) is 11.5 Å². The lowest BCUT2D eigenvalue weighted by atomic mass is 10.0. The molecule has 1 rings (SSSR count). The van der Waals surface area contributed by atoms with Crippen LogP contribution >= 0.6 is 0 Å². The van der Waals surface area contributed by atoms with Crippen LogP contribution in [0.1, 0.15) is 21.5 Å². The summed E-state index contributed by atoms with van der Waals surface area (Å²) in [5.41, 5.74) is 3.38. The van der Waals surface area contributed by atoms with Gasteiger partial charge in [0.15, 0.2) is 0 Å². The molecule has 1 aromatic rings. The van der Waals surface area contributed by atoms with Crippen LogP contribution in [0.25, 0.3) is 0 Å². The summed E-state index contributed by atoms with van der Waals surface area (Å²) < 4.78 is 5.07. The van der Waals surface area contributed by atoms with E-state index in [9.17, 15) is 4.79 Å². The number of nitrogens with one attached hydrogen (secondary N) is 1. The van der Waals surface area contributed by atoms with Crippen LogP contribution in [0.2, 0.25) is 0 Å². The van der Waals surface area contributed by atoms with Crippen molar-refractivity contribution in [2.75, 3.05) is 7.11 Å². The summed E-state index contributed by atoms with van der Waals surface area (Å²) in [4.78, 5) is 11.4. The minimum atomic E-state index is -0.480. The molecule has 1 amide bonds. The highest BCUT2D eigenvalue weighted by Crippen LogP contribution is 2.24. The number of hydrogen-bond acceptors (Lipinski definition) is 4. The Morgan fingerprint density at radius 3 is 2.73 bits per heavy atom. The molecule has 3 N–H and O–H groups in total. The Hall–Kier alpha value is -2.06. The number of carbonyl (C=O) groups is 1. The van der Waals surface area contributed by atoms with Crippen LogP contribution in [0.4, 0.5) is 0 Å². The molecule has 0 aromatic heterocycles. The summed E-state index contributed by atoms with van der Waals surface area (Å²) in [5, 5.41) is 8.75. The fraction of sp³-hybridized carbons (Fsp3) is 0.200. The van der Waals surface area contributed by atoms with Gasteiger partial charge in [-0.2, -0.15) is 5.26 Å². The van der Waals surface area contributed by atoms with Gasteiger partial charge in [0.05, 0.1) is 24.3 Å². The molecule has 0 fully saturated rings. The van der Waals surface area contributed by atoms with Crippen LogP contribution in [0, 0.1) is 18.3 Å². The van der Waals surface area contributed by atoms with Crippen LogP contribution in [-0.4, -0.2) is 13.0 Å². The van der Waals surface area contributed by atoms with Gasteiger partial charge in [-0.1, -0.05) is 0 Å². The van der Waals surface area contributed by atoms with Gasteiger partial charge in [0.25, 0.3) is 5.91 Å². The van der Waals surface area contributed by atoms with Crippen molar-refractivity contribution >= 4 is 5.91 Å². The number of benzene rings is 1. The molecule has 1 aromatic carbocycles. The van der Waals surface area contributed by atoms with E-state index in [0.29, 0.717) is 11.3 Å². The van der Waals surface area contributed by atoms with Crippen LogP contribution in [0.5, 0.6) is 5.75 Å². The summed E-state index contributed by atoms with van der Waals surface area (Å²) in [7, 11) is 1.46. The second-order valence-electron chi connectivity index (χ2n) is 2.96. The molecule has 0 aliphatic rings. The van der Waals surface area contributed by atoms with Gasteiger partial charge in [0, 0.05) is 0 Å². The molecule has 0 spiro atoms. The van der Waals surface area contributed by atoms with Crippen LogP contribution in [0.3, 0.4) is 0 Å². The summed E-state index contributed by atoms with van der Waals surface area (Å²) in [6.07, 6.45) is 0. The Bertz CT molecular complexity index is 435. The van der Waals surface area contributed by atoms with Crippen molar-refractivity contribution in [3.8, 4) is 11.8 Å². The fourth-order valence-electron chi connectivity index (χ4n) is 1.36. The van der Waals surface area contributed by atoms with Crippen molar-refractivity contribution in [3.63, 3.8) is 0 Å². The number of aryl methyl sites for hydroxylation is 1. The smallest absolute Gasteiger partial charge is 0.268 e. The molecule has 0 heterocycles. The first-order valence-electron chi connectivity index (χ1n) is 4.23. The predicted molar refractivity (Wildman–Crippen MR) is 54.1 cm³/mol. The zero-order chi connectivity index (χ0) is 11.4. The number of nitrogens with two attached hydrogens (primary N) is 1. The maximum absolute atomic E-state index is 11.4. The number of hydrogen-bond donors (Lipinski definition) is 2. The SMILES string of the molecule is COc1c(C)cc(C#N)cc1C(=O)NN. The second kappa shape index (κ2) is 4.44. The fourth-order valence-corrected chi connectivity index (χ4v) is 1.36. The zero-order valence-electron chi connectivity index (χ0n) is 8.50. The highest BCUT2D eigenvalue weighted by atomic mass is 16.5. The molecule has 5 nitrogen and oxygen atoms in total.